The average molecular weight is 329 g/mol. The number of hydrogen-bond acceptors (Lipinski definition) is 4. The van der Waals surface area contributed by atoms with Crippen molar-refractivity contribution in [2.75, 3.05) is 5.32 Å². The molecule has 0 bridgehead atoms. The average Bonchev–Trinajstić information content (AvgIpc) is 2.49. The summed E-state index contributed by atoms with van der Waals surface area (Å²) < 4.78 is 5.53. The second kappa shape index (κ2) is 7.64. The van der Waals surface area contributed by atoms with E-state index >= 15 is 0 Å². The molecule has 23 heavy (non-hydrogen) atoms. The van der Waals surface area contributed by atoms with Crippen LogP contribution in [0.25, 0.3) is 0 Å². The van der Waals surface area contributed by atoms with Gasteiger partial charge in [0.1, 0.15) is 17.3 Å². The third-order valence-corrected chi connectivity index (χ3v) is 3.02. The van der Waals surface area contributed by atoms with E-state index < -0.39 is 0 Å². The molecule has 0 amide bonds. The number of rotatable bonds is 4. The lowest BCUT2D eigenvalue weighted by molar-refractivity contribution is 0.241. The fourth-order valence-electron chi connectivity index (χ4n) is 1.79. The van der Waals surface area contributed by atoms with E-state index in [1.165, 1.54) is 0 Å². The Hall–Kier alpha value is -2.54. The third-order valence-electron chi connectivity index (χ3n) is 2.83. The minimum atomic E-state index is 0.0899. The van der Waals surface area contributed by atoms with E-state index in [1.54, 1.807) is 24.5 Å². The summed E-state index contributed by atoms with van der Waals surface area (Å²) in [5.41, 5.74) is 7.44. The predicted molar refractivity (Wildman–Crippen MR) is 95.9 cm³/mol. The van der Waals surface area contributed by atoms with Gasteiger partial charge in [-0.05, 0) is 56.8 Å². The molecule has 120 valence electrons. The van der Waals surface area contributed by atoms with Gasteiger partial charge < -0.3 is 15.8 Å². The highest BCUT2D eigenvalue weighted by Crippen LogP contribution is 2.12. The zero-order valence-electron chi connectivity index (χ0n) is 13.3. The van der Waals surface area contributed by atoms with Crippen molar-refractivity contribution in [1.82, 2.24) is 9.97 Å². The summed E-state index contributed by atoms with van der Waals surface area (Å²) in [5.74, 6) is 1.57. The third kappa shape index (κ3) is 5.00. The maximum atomic E-state index is 5.94. The quantitative estimate of drug-likeness (QED) is 0.509. The lowest BCUT2D eigenvalue weighted by atomic mass is 10.3. The summed E-state index contributed by atoms with van der Waals surface area (Å²) in [6.45, 7) is 5.83. The normalized spacial score (nSPS) is 11.4. The topological polar surface area (TPSA) is 85.4 Å². The van der Waals surface area contributed by atoms with E-state index in [1.807, 2.05) is 32.9 Å². The summed E-state index contributed by atoms with van der Waals surface area (Å²) in [5, 5.41) is 3.18. The first-order valence-corrected chi connectivity index (χ1v) is 7.56. The van der Waals surface area contributed by atoms with Crippen LogP contribution in [0.5, 0.6) is 5.75 Å². The first-order valence-electron chi connectivity index (χ1n) is 7.15. The highest BCUT2D eigenvalue weighted by atomic mass is 32.1. The highest BCUT2D eigenvalue weighted by Gasteiger charge is 2.05. The molecule has 6 nitrogen and oxygen atoms in total. The first kappa shape index (κ1) is 16.8. The second-order valence-corrected chi connectivity index (χ2v) is 5.53. The second-order valence-electron chi connectivity index (χ2n) is 5.14. The van der Waals surface area contributed by atoms with Crippen molar-refractivity contribution in [3.05, 3.63) is 47.9 Å². The Morgan fingerprint density at radius 3 is 2.70 bits per heavy atom. The number of nitrogens with one attached hydrogen (secondary N) is 1. The smallest absolute Gasteiger partial charge is 0.200 e. The predicted octanol–water partition coefficient (Wildman–Crippen LogP) is 2.67. The zero-order valence-corrected chi connectivity index (χ0v) is 14.1. The molecular weight excluding hydrogens is 310 g/mol. The van der Waals surface area contributed by atoms with Crippen molar-refractivity contribution in [2.45, 2.75) is 26.9 Å². The molecule has 2 aromatic heterocycles. The summed E-state index contributed by atoms with van der Waals surface area (Å²) in [6, 6.07) is 7.32. The summed E-state index contributed by atoms with van der Waals surface area (Å²) in [6.07, 6.45) is 3.38. The van der Waals surface area contributed by atoms with Gasteiger partial charge >= 0.3 is 0 Å². The Kier molecular flexibility index (Phi) is 5.59. The fraction of sp³-hybridized carbons (Fsp3) is 0.250. The maximum Gasteiger partial charge on any atom is 0.200 e. The molecule has 0 fully saturated rings. The van der Waals surface area contributed by atoms with Crippen LogP contribution < -0.4 is 15.8 Å². The van der Waals surface area contributed by atoms with E-state index in [9.17, 15) is 0 Å². The lowest BCUT2D eigenvalue weighted by Gasteiger charge is -2.09. The number of hydrogen-bond donors (Lipinski definition) is 2. The van der Waals surface area contributed by atoms with Crippen LogP contribution >= 0.6 is 12.2 Å². The summed E-state index contributed by atoms with van der Waals surface area (Å²) in [7, 11) is 0. The molecule has 0 aliphatic rings. The Bertz CT molecular complexity index is 713. The Morgan fingerprint density at radius 2 is 2.09 bits per heavy atom. The fourth-order valence-corrected chi connectivity index (χ4v) is 1.98. The largest absolute Gasteiger partial charge is 0.489 e. The van der Waals surface area contributed by atoms with E-state index in [-0.39, 0.29) is 17.1 Å². The van der Waals surface area contributed by atoms with Gasteiger partial charge in [0.2, 0.25) is 0 Å². The molecule has 2 rings (SSSR count). The zero-order chi connectivity index (χ0) is 16.8. The monoisotopic (exact) mass is 329 g/mol. The number of nitrogens with two attached hydrogens (primary N) is 1. The molecule has 0 spiro atoms. The van der Waals surface area contributed by atoms with Crippen LogP contribution in [0, 0.1) is 6.92 Å². The van der Waals surface area contributed by atoms with E-state index in [4.69, 9.17) is 22.7 Å². The van der Waals surface area contributed by atoms with E-state index in [2.05, 4.69) is 20.3 Å². The number of nitrogens with zero attached hydrogens (tertiary/aromatic N) is 3. The van der Waals surface area contributed by atoms with Gasteiger partial charge in [-0.15, -0.1) is 0 Å². The number of aromatic nitrogens is 2. The van der Waals surface area contributed by atoms with Crippen LogP contribution in [0.2, 0.25) is 0 Å². The molecule has 0 saturated carbocycles. The van der Waals surface area contributed by atoms with Crippen LogP contribution in [-0.4, -0.2) is 27.0 Å². The molecule has 7 heteroatoms. The van der Waals surface area contributed by atoms with Gasteiger partial charge in [0.25, 0.3) is 0 Å². The van der Waals surface area contributed by atoms with E-state index in [0.29, 0.717) is 17.3 Å². The molecule has 0 aliphatic carbocycles. The van der Waals surface area contributed by atoms with Crippen molar-refractivity contribution >= 4 is 29.0 Å². The number of amidine groups is 1. The molecule has 0 unspecified atom stereocenters. The molecule has 2 heterocycles. The van der Waals surface area contributed by atoms with Crippen molar-refractivity contribution in [3.8, 4) is 5.75 Å². The molecule has 0 saturated heterocycles. The number of aryl methyl sites for hydroxylation is 1. The molecular formula is C16H19N5OS. The first-order chi connectivity index (χ1) is 11.0. The van der Waals surface area contributed by atoms with Crippen molar-refractivity contribution in [1.29, 1.82) is 0 Å². The van der Waals surface area contributed by atoms with Crippen molar-refractivity contribution < 1.29 is 4.74 Å². The van der Waals surface area contributed by atoms with Crippen molar-refractivity contribution in [3.63, 3.8) is 0 Å². The SMILES string of the molecule is Cc1cccnc1NC(=S)/N=C(\N)c1ccc(OC(C)C)cn1. The van der Waals surface area contributed by atoms with Crippen LogP contribution in [0.4, 0.5) is 5.82 Å². The molecule has 2 aromatic rings. The van der Waals surface area contributed by atoms with Crippen LogP contribution in [-0.2, 0) is 0 Å². The lowest BCUT2D eigenvalue weighted by Crippen LogP contribution is -2.20. The molecule has 0 aromatic carbocycles. The molecule has 0 radical (unpaired) electrons. The summed E-state index contributed by atoms with van der Waals surface area (Å²) >= 11 is 5.18. The minimum absolute atomic E-state index is 0.0899. The number of ether oxygens (including phenoxy) is 1. The Labute approximate surface area is 140 Å². The molecule has 3 N–H and O–H groups in total. The van der Waals surface area contributed by atoms with Gasteiger partial charge in [-0.25, -0.2) is 15.0 Å². The van der Waals surface area contributed by atoms with Gasteiger partial charge in [0, 0.05) is 6.20 Å². The minimum Gasteiger partial charge on any atom is -0.489 e. The van der Waals surface area contributed by atoms with Crippen LogP contribution in [0.15, 0.2) is 41.7 Å². The Balaban J connectivity index is 2.06. The standard InChI is InChI=1S/C16H19N5OS/c1-10(2)22-12-6-7-13(19-9-12)14(17)20-16(23)21-15-11(3)5-4-8-18-15/h4-10H,1-3H3,(H3,17,18,20,21,23). The highest BCUT2D eigenvalue weighted by molar-refractivity contribution is 7.80. The van der Waals surface area contributed by atoms with E-state index in [0.717, 1.165) is 5.56 Å². The van der Waals surface area contributed by atoms with Gasteiger partial charge in [-0.1, -0.05) is 6.07 Å². The number of aliphatic imine (C=N–C) groups is 1. The van der Waals surface area contributed by atoms with Crippen LogP contribution in [0.1, 0.15) is 25.1 Å². The van der Waals surface area contributed by atoms with Crippen molar-refractivity contribution in [2.24, 2.45) is 10.7 Å². The summed E-state index contributed by atoms with van der Waals surface area (Å²) in [4.78, 5) is 12.6. The van der Waals surface area contributed by atoms with Gasteiger partial charge in [0.15, 0.2) is 10.9 Å². The van der Waals surface area contributed by atoms with Crippen LogP contribution in [0.3, 0.4) is 0 Å². The van der Waals surface area contributed by atoms with Gasteiger partial charge in [-0.2, -0.15) is 0 Å². The number of thiocarbonyl (C=S) groups is 1. The molecule has 0 aliphatic heterocycles. The van der Waals surface area contributed by atoms with Gasteiger partial charge in [-0.3, -0.25) is 0 Å². The number of pyridine rings is 2. The maximum absolute atomic E-state index is 5.94. The Morgan fingerprint density at radius 1 is 1.30 bits per heavy atom. The van der Waals surface area contributed by atoms with Gasteiger partial charge in [0.05, 0.1) is 12.3 Å². The number of anilines is 1. The molecule has 0 atom stereocenters.